The average Bonchev–Trinajstić information content (AvgIpc) is 3.32. The van der Waals surface area contributed by atoms with Crippen molar-refractivity contribution in [1.82, 2.24) is 15.0 Å². The Morgan fingerprint density at radius 3 is 2.54 bits per heavy atom. The maximum atomic E-state index is 4.21. The molecule has 2 aromatic carbocycles. The Morgan fingerprint density at radius 2 is 1.92 bits per heavy atom. The summed E-state index contributed by atoms with van der Waals surface area (Å²) in [7, 11) is 0. The Labute approximate surface area is 155 Å². The Balaban J connectivity index is 0.000000412. The predicted octanol–water partition coefficient (Wildman–Crippen LogP) is 4.74. The number of aromatic nitrogens is 3. The van der Waals surface area contributed by atoms with Gasteiger partial charge in [0.15, 0.2) is 0 Å². The first kappa shape index (κ1) is 20.1. The van der Waals surface area contributed by atoms with Crippen molar-refractivity contribution in [2.24, 2.45) is 0 Å². The van der Waals surface area contributed by atoms with Crippen LogP contribution in [0.15, 0.2) is 73.4 Å². The molecule has 0 N–H and O–H groups in total. The van der Waals surface area contributed by atoms with Gasteiger partial charge in [-0.25, -0.2) is 28.9 Å². The van der Waals surface area contributed by atoms with E-state index in [0.29, 0.717) is 0 Å². The van der Waals surface area contributed by atoms with E-state index < -0.39 is 0 Å². The average molecular weight is 363 g/mol. The second-order valence-corrected chi connectivity index (χ2v) is 5.55. The summed E-state index contributed by atoms with van der Waals surface area (Å²) in [5, 5.41) is 8.36. The van der Waals surface area contributed by atoms with Crippen molar-refractivity contribution in [1.29, 1.82) is 0 Å². The van der Waals surface area contributed by atoms with Gasteiger partial charge in [-0.15, -0.1) is 17.2 Å². The van der Waals surface area contributed by atoms with E-state index in [-0.39, 0.29) is 17.1 Å². The van der Waals surface area contributed by atoms with Crippen molar-refractivity contribution in [2.45, 2.75) is 38.6 Å². The summed E-state index contributed by atoms with van der Waals surface area (Å²) in [6.45, 7) is 4.55. The summed E-state index contributed by atoms with van der Waals surface area (Å²) in [5.41, 5.74) is 2.37. The van der Waals surface area contributed by atoms with E-state index in [0.717, 1.165) is 25.1 Å². The molecule has 0 saturated heterocycles. The molecule has 3 nitrogen and oxygen atoms in total. The van der Waals surface area contributed by atoms with Crippen LogP contribution in [0.5, 0.6) is 0 Å². The number of rotatable bonds is 8. The van der Waals surface area contributed by atoms with Crippen molar-refractivity contribution in [3.8, 4) is 0 Å². The summed E-state index contributed by atoms with van der Waals surface area (Å²) in [6, 6.07) is 18.3. The molecule has 0 amide bonds. The number of hydrogen-bond acceptors (Lipinski definition) is 2. The SMILES string of the molecule is C=CCCCCCc1cn(Cc2ccc[cH-]2)nn1.[Fe+2].c1cc[cH-]c1. The Bertz CT molecular complexity index is 606. The van der Waals surface area contributed by atoms with Crippen LogP contribution < -0.4 is 0 Å². The zero-order valence-electron chi connectivity index (χ0n) is 14.0. The normalized spacial score (nSPS) is 9.67. The molecule has 1 aromatic heterocycles. The van der Waals surface area contributed by atoms with Gasteiger partial charge < -0.3 is 0 Å². The first-order chi connectivity index (χ1) is 11.4. The molecule has 128 valence electrons. The Morgan fingerprint density at radius 1 is 1.08 bits per heavy atom. The minimum Gasteiger partial charge on any atom is -0.250 e. The van der Waals surface area contributed by atoms with Gasteiger partial charge in [0.25, 0.3) is 0 Å². The van der Waals surface area contributed by atoms with Gasteiger partial charge in [0, 0.05) is 12.7 Å². The van der Waals surface area contributed by atoms with Crippen LogP contribution in [0.3, 0.4) is 0 Å². The second kappa shape index (κ2) is 12.5. The van der Waals surface area contributed by atoms with Crippen LogP contribution in [-0.2, 0) is 30.0 Å². The first-order valence-electron chi connectivity index (χ1n) is 8.25. The van der Waals surface area contributed by atoms with Crippen molar-refractivity contribution < 1.29 is 17.1 Å². The van der Waals surface area contributed by atoms with E-state index in [2.05, 4.69) is 35.2 Å². The van der Waals surface area contributed by atoms with Crippen molar-refractivity contribution in [3.63, 3.8) is 0 Å². The molecule has 0 aliphatic carbocycles. The van der Waals surface area contributed by atoms with Crippen LogP contribution in [0.25, 0.3) is 0 Å². The molecule has 0 spiro atoms. The first-order valence-corrected chi connectivity index (χ1v) is 8.25. The summed E-state index contributed by atoms with van der Waals surface area (Å²) in [4.78, 5) is 0. The van der Waals surface area contributed by atoms with Gasteiger partial charge in [-0.1, -0.05) is 17.7 Å². The van der Waals surface area contributed by atoms with Crippen LogP contribution in [-0.4, -0.2) is 15.0 Å². The minimum absolute atomic E-state index is 0. The fourth-order valence-electron chi connectivity index (χ4n) is 2.33. The standard InChI is InChI=1S/C15H20N3.C5H5.Fe/c1-2-3-4-5-6-11-15-13-18(17-16-15)12-14-9-7-8-10-14;1-2-4-5-3-1;/h2,7-10,13H,1,3-6,11-12H2;1-5H;/q2*-1;+2. The van der Waals surface area contributed by atoms with Gasteiger partial charge in [-0.2, -0.15) is 30.3 Å². The fourth-order valence-corrected chi connectivity index (χ4v) is 2.33. The van der Waals surface area contributed by atoms with Crippen LogP contribution in [0.4, 0.5) is 0 Å². The van der Waals surface area contributed by atoms with Crippen LogP contribution >= 0.6 is 0 Å². The summed E-state index contributed by atoms with van der Waals surface area (Å²) < 4.78 is 1.91. The van der Waals surface area contributed by atoms with Gasteiger partial charge in [0.2, 0.25) is 0 Å². The van der Waals surface area contributed by atoms with E-state index in [1.807, 2.05) is 53.2 Å². The monoisotopic (exact) mass is 363 g/mol. The number of nitrogens with zero attached hydrogens (tertiary/aromatic N) is 3. The number of allylic oxidation sites excluding steroid dienone is 1. The molecule has 0 bridgehead atoms. The van der Waals surface area contributed by atoms with Gasteiger partial charge in [-0.05, 0) is 25.7 Å². The van der Waals surface area contributed by atoms with Gasteiger partial charge in [0.1, 0.15) is 0 Å². The Kier molecular flexibility index (Phi) is 10.5. The third-order valence-corrected chi connectivity index (χ3v) is 3.56. The zero-order valence-corrected chi connectivity index (χ0v) is 15.1. The number of unbranched alkanes of at least 4 members (excludes halogenated alkanes) is 3. The van der Waals surface area contributed by atoms with Crippen LogP contribution in [0, 0.1) is 0 Å². The molecule has 0 unspecified atom stereocenters. The van der Waals surface area contributed by atoms with Gasteiger partial charge in [0.05, 0.1) is 5.69 Å². The quantitative estimate of drug-likeness (QED) is 0.251. The van der Waals surface area contributed by atoms with E-state index in [4.69, 9.17) is 0 Å². The van der Waals surface area contributed by atoms with E-state index in [9.17, 15) is 0 Å². The molecule has 3 rings (SSSR count). The molecule has 0 aliphatic heterocycles. The van der Waals surface area contributed by atoms with Gasteiger partial charge >= 0.3 is 17.1 Å². The molecule has 0 saturated carbocycles. The topological polar surface area (TPSA) is 30.7 Å². The minimum atomic E-state index is 0. The maximum Gasteiger partial charge on any atom is 2.00 e. The van der Waals surface area contributed by atoms with E-state index in [1.54, 1.807) is 0 Å². The van der Waals surface area contributed by atoms with Crippen molar-refractivity contribution >= 4 is 0 Å². The smallest absolute Gasteiger partial charge is 0.250 e. The van der Waals surface area contributed by atoms with Crippen LogP contribution in [0.1, 0.15) is 36.9 Å². The summed E-state index contributed by atoms with van der Waals surface area (Å²) in [5.74, 6) is 0. The zero-order chi connectivity index (χ0) is 16.2. The molecule has 0 aliphatic rings. The molecule has 4 heteroatoms. The third-order valence-electron chi connectivity index (χ3n) is 3.56. The van der Waals surface area contributed by atoms with E-state index >= 15 is 0 Å². The molecule has 3 aromatic rings. The molecular weight excluding hydrogens is 338 g/mol. The molecule has 0 radical (unpaired) electrons. The summed E-state index contributed by atoms with van der Waals surface area (Å²) >= 11 is 0. The maximum absolute atomic E-state index is 4.21. The third kappa shape index (κ3) is 8.09. The number of hydrogen-bond donors (Lipinski definition) is 0. The largest absolute Gasteiger partial charge is 2.00 e. The molecule has 24 heavy (non-hydrogen) atoms. The summed E-state index contributed by atoms with van der Waals surface area (Å²) in [6.07, 6.45) is 9.83. The molecular formula is C20H25FeN3. The van der Waals surface area contributed by atoms with Crippen molar-refractivity contribution in [2.75, 3.05) is 0 Å². The second-order valence-electron chi connectivity index (χ2n) is 5.55. The molecule has 0 atom stereocenters. The number of aryl methyl sites for hydroxylation is 1. The fraction of sp³-hybridized carbons (Fsp3) is 0.300. The van der Waals surface area contributed by atoms with Gasteiger partial charge in [-0.3, -0.25) is 0 Å². The van der Waals surface area contributed by atoms with E-state index in [1.165, 1.54) is 24.8 Å². The molecule has 1 heterocycles. The Hall–Kier alpha value is -1.90. The van der Waals surface area contributed by atoms with Crippen molar-refractivity contribution in [3.05, 3.63) is 84.7 Å². The molecule has 0 fully saturated rings. The van der Waals surface area contributed by atoms with Crippen LogP contribution in [0.2, 0.25) is 0 Å². The predicted molar refractivity (Wildman–Crippen MR) is 95.6 cm³/mol.